The number of nitrogens with one attached hydrogen (secondary N) is 1. The maximum Gasteiger partial charge on any atom is 0.230 e. The van der Waals surface area contributed by atoms with Gasteiger partial charge in [0.2, 0.25) is 11.9 Å². The number of rotatable bonds is 4. The van der Waals surface area contributed by atoms with E-state index in [9.17, 15) is 0 Å². The Hall–Kier alpha value is -2.18. The molecule has 20 heavy (non-hydrogen) atoms. The Balaban J connectivity index is 2.03. The Kier molecular flexibility index (Phi) is 3.49. The van der Waals surface area contributed by atoms with Crippen LogP contribution in [0.25, 0.3) is 11.5 Å². The minimum Gasteiger partial charge on any atom is -0.357 e. The highest BCUT2D eigenvalue weighted by molar-refractivity contribution is 5.54. The Morgan fingerprint density at radius 2 is 2.00 bits per heavy atom. The maximum absolute atomic E-state index is 4.62. The topological polar surface area (TPSA) is 71.8 Å². The van der Waals surface area contributed by atoms with Crippen molar-refractivity contribution in [3.8, 4) is 11.5 Å². The minimum absolute atomic E-state index is 0.598. The molecule has 3 heterocycles. The van der Waals surface area contributed by atoms with Crippen molar-refractivity contribution in [1.29, 1.82) is 0 Å². The SMILES string of the molecule is CCn1nccc1-c1nc(NC)nc(N2CCCC2)n1. The Labute approximate surface area is 118 Å². The first-order valence-corrected chi connectivity index (χ1v) is 7.02. The average Bonchev–Trinajstić information content (AvgIpc) is 3.17. The van der Waals surface area contributed by atoms with Crippen LogP contribution in [0.15, 0.2) is 12.3 Å². The summed E-state index contributed by atoms with van der Waals surface area (Å²) in [6, 6.07) is 1.94. The first kappa shape index (κ1) is 12.8. The first-order valence-electron chi connectivity index (χ1n) is 7.02. The molecule has 0 radical (unpaired) electrons. The summed E-state index contributed by atoms with van der Waals surface area (Å²) in [5, 5.41) is 7.29. The lowest BCUT2D eigenvalue weighted by molar-refractivity contribution is 0.663. The van der Waals surface area contributed by atoms with Crippen molar-refractivity contribution >= 4 is 11.9 Å². The number of hydrogen-bond donors (Lipinski definition) is 1. The summed E-state index contributed by atoms with van der Waals surface area (Å²) in [4.78, 5) is 15.7. The molecule has 1 aliphatic rings. The minimum atomic E-state index is 0.598. The van der Waals surface area contributed by atoms with E-state index < -0.39 is 0 Å². The van der Waals surface area contributed by atoms with Gasteiger partial charge < -0.3 is 10.2 Å². The fourth-order valence-corrected chi connectivity index (χ4v) is 2.42. The van der Waals surface area contributed by atoms with E-state index in [2.05, 4.69) is 37.2 Å². The highest BCUT2D eigenvalue weighted by Crippen LogP contribution is 2.21. The summed E-state index contributed by atoms with van der Waals surface area (Å²) >= 11 is 0. The lowest BCUT2D eigenvalue weighted by Crippen LogP contribution is -2.22. The molecule has 1 N–H and O–H groups in total. The molecule has 0 unspecified atom stereocenters. The van der Waals surface area contributed by atoms with Gasteiger partial charge in [-0.2, -0.15) is 20.1 Å². The Bertz CT molecular complexity index is 586. The van der Waals surface area contributed by atoms with Crippen molar-refractivity contribution in [2.75, 3.05) is 30.4 Å². The zero-order valence-electron chi connectivity index (χ0n) is 11.9. The molecular formula is C13H19N7. The van der Waals surface area contributed by atoms with Gasteiger partial charge >= 0.3 is 0 Å². The molecule has 7 heteroatoms. The maximum atomic E-state index is 4.62. The van der Waals surface area contributed by atoms with Crippen LogP contribution in [0.4, 0.5) is 11.9 Å². The molecule has 0 atom stereocenters. The van der Waals surface area contributed by atoms with Crippen LogP contribution in [0.2, 0.25) is 0 Å². The largest absolute Gasteiger partial charge is 0.357 e. The third-order valence-corrected chi connectivity index (χ3v) is 3.48. The van der Waals surface area contributed by atoms with Gasteiger partial charge in [0.1, 0.15) is 5.69 Å². The number of nitrogens with zero attached hydrogens (tertiary/aromatic N) is 6. The number of aromatic nitrogens is 5. The summed E-state index contributed by atoms with van der Waals surface area (Å²) in [5.41, 5.74) is 0.923. The summed E-state index contributed by atoms with van der Waals surface area (Å²) in [6.07, 6.45) is 4.17. The summed E-state index contributed by atoms with van der Waals surface area (Å²) in [6.45, 7) is 4.87. The summed E-state index contributed by atoms with van der Waals surface area (Å²) in [7, 11) is 1.82. The van der Waals surface area contributed by atoms with Gasteiger partial charge in [0.15, 0.2) is 5.82 Å². The van der Waals surface area contributed by atoms with Crippen molar-refractivity contribution in [2.24, 2.45) is 0 Å². The van der Waals surface area contributed by atoms with Gasteiger partial charge in [-0.15, -0.1) is 0 Å². The van der Waals surface area contributed by atoms with Crippen molar-refractivity contribution in [3.05, 3.63) is 12.3 Å². The molecular weight excluding hydrogens is 254 g/mol. The van der Waals surface area contributed by atoms with Crippen LogP contribution in [-0.2, 0) is 6.54 Å². The fourth-order valence-electron chi connectivity index (χ4n) is 2.42. The van der Waals surface area contributed by atoms with Crippen LogP contribution in [-0.4, -0.2) is 44.9 Å². The van der Waals surface area contributed by atoms with E-state index in [-0.39, 0.29) is 0 Å². The van der Waals surface area contributed by atoms with Gasteiger partial charge in [0, 0.05) is 32.9 Å². The third kappa shape index (κ3) is 2.31. The molecule has 1 saturated heterocycles. The van der Waals surface area contributed by atoms with Crippen LogP contribution in [0.1, 0.15) is 19.8 Å². The molecule has 7 nitrogen and oxygen atoms in total. The van der Waals surface area contributed by atoms with Crippen molar-refractivity contribution < 1.29 is 0 Å². The Morgan fingerprint density at radius 3 is 2.70 bits per heavy atom. The molecule has 0 bridgehead atoms. The first-order chi connectivity index (χ1) is 9.81. The molecule has 0 saturated carbocycles. The van der Waals surface area contributed by atoms with Crippen molar-refractivity contribution in [1.82, 2.24) is 24.7 Å². The van der Waals surface area contributed by atoms with Crippen molar-refractivity contribution in [3.63, 3.8) is 0 Å². The van der Waals surface area contributed by atoms with Gasteiger partial charge in [-0.3, -0.25) is 4.68 Å². The number of anilines is 2. The predicted molar refractivity (Wildman–Crippen MR) is 77.7 cm³/mol. The van der Waals surface area contributed by atoms with Crippen LogP contribution in [0.5, 0.6) is 0 Å². The monoisotopic (exact) mass is 273 g/mol. The highest BCUT2D eigenvalue weighted by atomic mass is 15.3. The fraction of sp³-hybridized carbons (Fsp3) is 0.538. The predicted octanol–water partition coefficient (Wildman–Crippen LogP) is 1.40. The van der Waals surface area contributed by atoms with Crippen LogP contribution >= 0.6 is 0 Å². The third-order valence-electron chi connectivity index (χ3n) is 3.48. The van der Waals surface area contributed by atoms with Gasteiger partial charge in [0.25, 0.3) is 0 Å². The van der Waals surface area contributed by atoms with Gasteiger partial charge in [-0.05, 0) is 25.8 Å². The highest BCUT2D eigenvalue weighted by Gasteiger charge is 2.18. The van der Waals surface area contributed by atoms with Gasteiger partial charge in [0.05, 0.1) is 0 Å². The zero-order valence-corrected chi connectivity index (χ0v) is 11.9. The van der Waals surface area contributed by atoms with E-state index >= 15 is 0 Å². The van der Waals surface area contributed by atoms with Crippen LogP contribution in [0.3, 0.4) is 0 Å². The molecule has 3 rings (SSSR count). The number of hydrogen-bond acceptors (Lipinski definition) is 6. The van der Waals surface area contributed by atoms with E-state index in [1.54, 1.807) is 6.20 Å². The lowest BCUT2D eigenvalue weighted by atomic mass is 10.4. The summed E-state index contributed by atoms with van der Waals surface area (Å²) < 4.78 is 1.89. The van der Waals surface area contributed by atoms with E-state index in [1.165, 1.54) is 12.8 Å². The molecule has 106 valence electrons. The second kappa shape index (κ2) is 5.44. The molecule has 0 aromatic carbocycles. The molecule has 0 amide bonds. The molecule has 2 aromatic heterocycles. The standard InChI is InChI=1S/C13H19N7/c1-3-20-10(6-7-15-20)11-16-12(14-2)18-13(17-11)19-8-4-5-9-19/h6-7H,3-5,8-9H2,1-2H3,(H,14,16,17,18). The van der Waals surface area contributed by atoms with Crippen LogP contribution < -0.4 is 10.2 Å². The lowest BCUT2D eigenvalue weighted by Gasteiger charge is -2.16. The quantitative estimate of drug-likeness (QED) is 0.907. The van der Waals surface area contributed by atoms with E-state index in [0.717, 1.165) is 31.3 Å². The molecule has 0 aliphatic carbocycles. The van der Waals surface area contributed by atoms with Crippen LogP contribution in [0, 0.1) is 0 Å². The second-order valence-electron chi connectivity index (χ2n) is 4.76. The normalized spacial score (nSPS) is 14.8. The zero-order chi connectivity index (χ0) is 13.9. The van der Waals surface area contributed by atoms with Gasteiger partial charge in [-0.1, -0.05) is 0 Å². The average molecular weight is 273 g/mol. The second-order valence-corrected chi connectivity index (χ2v) is 4.76. The van der Waals surface area contributed by atoms with Gasteiger partial charge in [-0.25, -0.2) is 0 Å². The number of aryl methyl sites for hydroxylation is 1. The molecule has 1 fully saturated rings. The van der Waals surface area contributed by atoms with E-state index in [4.69, 9.17) is 0 Å². The van der Waals surface area contributed by atoms with Crippen molar-refractivity contribution in [2.45, 2.75) is 26.3 Å². The molecule has 2 aromatic rings. The molecule has 1 aliphatic heterocycles. The van der Waals surface area contributed by atoms with E-state index in [1.807, 2.05) is 17.8 Å². The Morgan fingerprint density at radius 1 is 1.20 bits per heavy atom. The molecule has 0 spiro atoms. The van der Waals surface area contributed by atoms with E-state index in [0.29, 0.717) is 11.8 Å². The smallest absolute Gasteiger partial charge is 0.230 e. The summed E-state index contributed by atoms with van der Waals surface area (Å²) in [5.74, 6) is 2.02.